The second-order valence-corrected chi connectivity index (χ2v) is 9.84. The molecule has 2 atom stereocenters. The molecule has 1 N–H and O–H groups in total. The monoisotopic (exact) mass is 440 g/mol. The molecule has 7 heteroatoms. The third-order valence-corrected chi connectivity index (χ3v) is 7.97. The second-order valence-electron chi connectivity index (χ2n) is 9.84. The van der Waals surface area contributed by atoms with Crippen LogP contribution in [-0.4, -0.2) is 77.2 Å². The molecule has 5 rings (SSSR count). The van der Waals surface area contributed by atoms with Gasteiger partial charge in [0.05, 0.1) is 12.1 Å². The summed E-state index contributed by atoms with van der Waals surface area (Å²) in [5.41, 5.74) is 1.02. The molecule has 3 saturated heterocycles. The lowest BCUT2D eigenvalue weighted by molar-refractivity contribution is 0.0462. The van der Waals surface area contributed by atoms with E-state index in [-0.39, 0.29) is 12.1 Å². The Kier molecular flexibility index (Phi) is 6.53. The van der Waals surface area contributed by atoms with Crippen molar-refractivity contribution >= 4 is 12.1 Å². The van der Waals surface area contributed by atoms with Gasteiger partial charge in [-0.25, -0.2) is 9.59 Å². The van der Waals surface area contributed by atoms with E-state index in [2.05, 4.69) is 15.1 Å². The number of likely N-dealkylation sites (tertiary alicyclic amines) is 2. The number of ether oxygens (including phenoxy) is 1. The molecule has 7 nitrogen and oxygen atoms in total. The topological polar surface area (TPSA) is 65.1 Å². The molecular formula is C25H36N4O3. The van der Waals surface area contributed by atoms with Gasteiger partial charge in [0.15, 0.2) is 0 Å². The lowest BCUT2D eigenvalue weighted by atomic mass is 9.89. The van der Waals surface area contributed by atoms with Crippen LogP contribution in [0.4, 0.5) is 9.59 Å². The van der Waals surface area contributed by atoms with Crippen LogP contribution >= 0.6 is 0 Å². The first-order valence-electron chi connectivity index (χ1n) is 12.5. The molecule has 0 spiro atoms. The van der Waals surface area contributed by atoms with Gasteiger partial charge in [-0.2, -0.15) is 0 Å². The molecule has 3 aliphatic heterocycles. The summed E-state index contributed by atoms with van der Waals surface area (Å²) >= 11 is 0. The van der Waals surface area contributed by atoms with Crippen LogP contribution in [0.15, 0.2) is 30.3 Å². The summed E-state index contributed by atoms with van der Waals surface area (Å²) in [5.74, 6) is 0. The average Bonchev–Trinajstić information content (AvgIpc) is 3.19. The summed E-state index contributed by atoms with van der Waals surface area (Å²) in [4.78, 5) is 31.7. The van der Waals surface area contributed by atoms with E-state index >= 15 is 0 Å². The van der Waals surface area contributed by atoms with Gasteiger partial charge in [-0.05, 0) is 44.1 Å². The van der Waals surface area contributed by atoms with Crippen LogP contribution in [0.5, 0.6) is 0 Å². The zero-order valence-electron chi connectivity index (χ0n) is 19.0. The lowest BCUT2D eigenvalue weighted by Gasteiger charge is -2.44. The highest BCUT2D eigenvalue weighted by Gasteiger charge is 2.44. The number of fused-ring (bicyclic) bond motifs is 1. The quantitative estimate of drug-likeness (QED) is 0.777. The van der Waals surface area contributed by atoms with Crippen LogP contribution < -0.4 is 5.32 Å². The van der Waals surface area contributed by atoms with E-state index in [9.17, 15) is 9.59 Å². The molecule has 0 aromatic heterocycles. The van der Waals surface area contributed by atoms with Gasteiger partial charge in [-0.15, -0.1) is 0 Å². The Balaban J connectivity index is 1.06. The molecule has 32 heavy (non-hydrogen) atoms. The first kappa shape index (κ1) is 21.6. The zero-order valence-corrected chi connectivity index (χ0v) is 19.0. The van der Waals surface area contributed by atoms with Crippen LogP contribution in [0.25, 0.3) is 0 Å². The maximum Gasteiger partial charge on any atom is 0.410 e. The van der Waals surface area contributed by atoms with E-state index in [4.69, 9.17) is 4.74 Å². The van der Waals surface area contributed by atoms with Crippen molar-refractivity contribution in [3.63, 3.8) is 0 Å². The summed E-state index contributed by atoms with van der Waals surface area (Å²) < 4.78 is 5.50. The van der Waals surface area contributed by atoms with Crippen LogP contribution in [0.2, 0.25) is 0 Å². The first-order chi connectivity index (χ1) is 15.7. The fourth-order valence-corrected chi connectivity index (χ4v) is 6.19. The molecule has 1 aromatic rings. The van der Waals surface area contributed by atoms with Crippen molar-refractivity contribution in [2.24, 2.45) is 0 Å². The number of amides is 3. The van der Waals surface area contributed by atoms with Crippen LogP contribution in [0.1, 0.15) is 56.9 Å². The van der Waals surface area contributed by atoms with E-state index < -0.39 is 0 Å². The molecule has 1 unspecified atom stereocenters. The molecule has 1 aromatic carbocycles. The van der Waals surface area contributed by atoms with Crippen molar-refractivity contribution in [3.8, 4) is 0 Å². The number of urea groups is 1. The number of piperidine rings is 2. The van der Waals surface area contributed by atoms with Gasteiger partial charge in [0.25, 0.3) is 0 Å². The Bertz CT molecular complexity index is 788. The van der Waals surface area contributed by atoms with E-state index in [1.54, 1.807) is 0 Å². The highest BCUT2D eigenvalue weighted by Crippen LogP contribution is 2.33. The summed E-state index contributed by atoms with van der Waals surface area (Å²) in [6.07, 6.45) is 8.71. The van der Waals surface area contributed by atoms with E-state index in [0.717, 1.165) is 70.3 Å². The number of rotatable bonds is 4. The average molecular weight is 441 g/mol. The Hall–Kier alpha value is -2.28. The predicted octanol–water partition coefficient (Wildman–Crippen LogP) is 3.59. The molecule has 4 fully saturated rings. The number of carbonyl (C=O) groups excluding carboxylic acids is 2. The molecule has 1 saturated carbocycles. The maximum atomic E-state index is 12.6. The van der Waals surface area contributed by atoms with Gasteiger partial charge >= 0.3 is 12.1 Å². The number of carbonyl (C=O) groups is 2. The number of nitrogens with zero attached hydrogens (tertiary/aromatic N) is 3. The third-order valence-electron chi connectivity index (χ3n) is 7.97. The van der Waals surface area contributed by atoms with Gasteiger partial charge in [-0.1, -0.05) is 43.2 Å². The van der Waals surface area contributed by atoms with Crippen molar-refractivity contribution in [2.75, 3.05) is 26.2 Å². The minimum absolute atomic E-state index is 0.169. The fourth-order valence-electron chi connectivity index (χ4n) is 6.19. The first-order valence-corrected chi connectivity index (χ1v) is 12.5. The SMILES string of the molecule is O=C(OCc1ccccc1)N1CCC(N2CCC(N3C(=O)NC4CCCC[C@@H]43)CC2)CC1. The van der Waals surface area contributed by atoms with Crippen molar-refractivity contribution in [1.29, 1.82) is 0 Å². The van der Waals surface area contributed by atoms with Crippen molar-refractivity contribution in [1.82, 2.24) is 20.0 Å². The Labute approximate surface area is 191 Å². The molecule has 0 bridgehead atoms. The second kappa shape index (κ2) is 9.69. The summed E-state index contributed by atoms with van der Waals surface area (Å²) in [7, 11) is 0. The standard InChI is InChI=1S/C25H36N4O3/c30-24-26-22-8-4-5-9-23(22)29(24)21-12-14-27(15-13-21)20-10-16-28(17-11-20)25(31)32-18-19-6-2-1-3-7-19/h1-3,6-7,20-23H,4-5,8-18H2,(H,26,30)/t22?,23-/m0/s1. The van der Waals surface area contributed by atoms with Crippen LogP contribution in [0, 0.1) is 0 Å². The highest BCUT2D eigenvalue weighted by molar-refractivity contribution is 5.78. The molecule has 3 amide bonds. The molecule has 0 radical (unpaired) electrons. The van der Waals surface area contributed by atoms with Crippen molar-refractivity contribution < 1.29 is 14.3 Å². The minimum atomic E-state index is -0.201. The predicted molar refractivity (Wildman–Crippen MR) is 122 cm³/mol. The number of hydrogen-bond acceptors (Lipinski definition) is 4. The van der Waals surface area contributed by atoms with Crippen molar-refractivity contribution in [2.45, 2.75) is 82.1 Å². The molecule has 4 aliphatic rings. The van der Waals surface area contributed by atoms with Gasteiger partial charge in [-0.3, -0.25) is 0 Å². The third kappa shape index (κ3) is 4.58. The van der Waals surface area contributed by atoms with Crippen LogP contribution in [0.3, 0.4) is 0 Å². The largest absolute Gasteiger partial charge is 0.445 e. The smallest absolute Gasteiger partial charge is 0.410 e. The van der Waals surface area contributed by atoms with E-state index in [1.165, 1.54) is 12.8 Å². The van der Waals surface area contributed by atoms with E-state index in [1.807, 2.05) is 35.2 Å². The van der Waals surface area contributed by atoms with Gasteiger partial charge in [0.1, 0.15) is 6.61 Å². The highest BCUT2D eigenvalue weighted by atomic mass is 16.6. The minimum Gasteiger partial charge on any atom is -0.445 e. The lowest BCUT2D eigenvalue weighted by Crippen LogP contribution is -2.53. The Morgan fingerprint density at radius 2 is 1.59 bits per heavy atom. The number of hydrogen-bond donors (Lipinski definition) is 1. The van der Waals surface area contributed by atoms with Gasteiger partial charge in [0.2, 0.25) is 0 Å². The number of benzene rings is 1. The molecule has 174 valence electrons. The number of nitrogens with one attached hydrogen (secondary N) is 1. The summed E-state index contributed by atoms with van der Waals surface area (Å²) in [6.45, 7) is 3.95. The molecule has 1 aliphatic carbocycles. The zero-order chi connectivity index (χ0) is 21.9. The maximum absolute atomic E-state index is 12.6. The van der Waals surface area contributed by atoms with Gasteiger partial charge in [0, 0.05) is 38.3 Å². The normalized spacial score (nSPS) is 27.8. The fraction of sp³-hybridized carbons (Fsp3) is 0.680. The van der Waals surface area contributed by atoms with E-state index in [0.29, 0.717) is 30.8 Å². The molecular weight excluding hydrogens is 404 g/mol. The molecule has 3 heterocycles. The summed E-state index contributed by atoms with van der Waals surface area (Å²) in [6, 6.07) is 11.7. The Morgan fingerprint density at radius 1 is 0.906 bits per heavy atom. The summed E-state index contributed by atoms with van der Waals surface area (Å²) in [5, 5.41) is 3.24. The Morgan fingerprint density at radius 3 is 2.34 bits per heavy atom. The van der Waals surface area contributed by atoms with Crippen molar-refractivity contribution in [3.05, 3.63) is 35.9 Å². The van der Waals surface area contributed by atoms with Gasteiger partial charge < -0.3 is 24.8 Å². The van der Waals surface area contributed by atoms with Crippen LogP contribution in [-0.2, 0) is 11.3 Å².